The number of hydrogen-bond donors (Lipinski definition) is 2. The number of fused-ring (bicyclic) bond motifs is 2. The van der Waals surface area contributed by atoms with Crippen LogP contribution in [-0.4, -0.2) is 27.4 Å². The van der Waals surface area contributed by atoms with Gasteiger partial charge in [-0.25, -0.2) is 13.2 Å². The van der Waals surface area contributed by atoms with Gasteiger partial charge in [0, 0.05) is 30.0 Å². The standard InChI is InChI=1S/C25H20F3N3O2/c26-13-7-12(11-29)24-15(3-4-20(27)18(24)8-13)14-1-2-16(22-5-6-30-31-22)25-17(14)9-21(28)19(25)10-23(32)33/h1-2,5-8,15,19-21H,3-4,9-10H2,(H,30,31)(H,32,33)/t15-,19-,20+,21-/m1/s1. The van der Waals surface area contributed by atoms with Crippen molar-refractivity contribution >= 4 is 5.97 Å². The number of carboxylic acids is 1. The third-order valence-electron chi connectivity index (χ3n) is 6.85. The topological polar surface area (TPSA) is 89.8 Å². The van der Waals surface area contributed by atoms with Crippen LogP contribution in [0.25, 0.3) is 11.3 Å². The second-order valence-electron chi connectivity index (χ2n) is 8.65. The summed E-state index contributed by atoms with van der Waals surface area (Å²) in [5.41, 5.74) is 4.02. The summed E-state index contributed by atoms with van der Waals surface area (Å²) in [5, 5.41) is 25.9. The van der Waals surface area contributed by atoms with E-state index in [2.05, 4.69) is 10.2 Å². The number of carboxylic acid groups (broad SMARTS) is 1. The number of carbonyl (C=O) groups is 1. The lowest BCUT2D eigenvalue weighted by Gasteiger charge is -2.31. The molecule has 8 heteroatoms. The van der Waals surface area contributed by atoms with Gasteiger partial charge in [-0.15, -0.1) is 0 Å². The number of hydrogen-bond acceptors (Lipinski definition) is 3. The van der Waals surface area contributed by atoms with E-state index in [1.54, 1.807) is 18.3 Å². The highest BCUT2D eigenvalue weighted by atomic mass is 19.1. The van der Waals surface area contributed by atoms with Gasteiger partial charge in [0.2, 0.25) is 0 Å². The van der Waals surface area contributed by atoms with Crippen molar-refractivity contribution in [1.29, 1.82) is 5.26 Å². The molecule has 0 aliphatic heterocycles. The summed E-state index contributed by atoms with van der Waals surface area (Å²) in [4.78, 5) is 11.5. The molecule has 2 aromatic carbocycles. The third kappa shape index (κ3) is 3.48. The number of rotatable bonds is 4. The van der Waals surface area contributed by atoms with Gasteiger partial charge in [-0.05, 0) is 58.9 Å². The van der Waals surface area contributed by atoms with Crippen LogP contribution in [0.1, 0.15) is 70.7 Å². The van der Waals surface area contributed by atoms with Gasteiger partial charge in [-0.1, -0.05) is 12.1 Å². The molecule has 5 nitrogen and oxygen atoms in total. The first-order chi connectivity index (χ1) is 15.9. The molecule has 2 aliphatic rings. The zero-order chi connectivity index (χ0) is 23.3. The zero-order valence-corrected chi connectivity index (χ0v) is 17.5. The predicted octanol–water partition coefficient (Wildman–Crippen LogP) is 5.48. The van der Waals surface area contributed by atoms with E-state index in [0.29, 0.717) is 34.4 Å². The third-order valence-corrected chi connectivity index (χ3v) is 6.85. The first-order valence-corrected chi connectivity index (χ1v) is 10.8. The van der Waals surface area contributed by atoms with Crippen LogP contribution >= 0.6 is 0 Å². The highest BCUT2D eigenvalue weighted by Crippen LogP contribution is 2.51. The fourth-order valence-electron chi connectivity index (χ4n) is 5.54. The molecule has 0 radical (unpaired) electrons. The first kappa shape index (κ1) is 21.3. The van der Waals surface area contributed by atoms with Crippen LogP contribution in [0.3, 0.4) is 0 Å². The SMILES string of the molecule is N#Cc1cc(F)cc2c1[C@@H](c1ccc(-c3ccn[nH]3)c3c1C[C@@H](F)[C@H]3CC(=O)O)CC[C@@H]2F. The summed E-state index contributed by atoms with van der Waals surface area (Å²) in [5.74, 6) is -3.01. The Morgan fingerprint density at radius 2 is 2.00 bits per heavy atom. The Morgan fingerprint density at radius 3 is 2.70 bits per heavy atom. The average molecular weight is 451 g/mol. The van der Waals surface area contributed by atoms with Crippen molar-refractivity contribution in [2.45, 2.75) is 49.9 Å². The molecule has 2 N–H and O–H groups in total. The van der Waals surface area contributed by atoms with Crippen molar-refractivity contribution in [2.24, 2.45) is 0 Å². The number of halogens is 3. The highest BCUT2D eigenvalue weighted by Gasteiger charge is 2.40. The van der Waals surface area contributed by atoms with Crippen molar-refractivity contribution < 1.29 is 23.1 Å². The van der Waals surface area contributed by atoms with Gasteiger partial charge in [0.25, 0.3) is 0 Å². The van der Waals surface area contributed by atoms with Gasteiger partial charge in [-0.2, -0.15) is 10.4 Å². The van der Waals surface area contributed by atoms with Gasteiger partial charge >= 0.3 is 5.97 Å². The highest BCUT2D eigenvalue weighted by molar-refractivity contribution is 5.74. The van der Waals surface area contributed by atoms with Crippen LogP contribution in [0.2, 0.25) is 0 Å². The summed E-state index contributed by atoms with van der Waals surface area (Å²) in [7, 11) is 0. The molecule has 4 atom stereocenters. The molecule has 0 saturated heterocycles. The molecule has 33 heavy (non-hydrogen) atoms. The molecule has 0 fully saturated rings. The maximum atomic E-state index is 15.2. The molecule has 1 aromatic heterocycles. The van der Waals surface area contributed by atoms with E-state index in [-0.39, 0.29) is 30.4 Å². The Bertz CT molecular complexity index is 1280. The Kier molecular flexibility index (Phi) is 5.20. The van der Waals surface area contributed by atoms with Crippen molar-refractivity contribution in [1.82, 2.24) is 10.2 Å². The molecule has 1 heterocycles. The van der Waals surface area contributed by atoms with Crippen LogP contribution in [-0.2, 0) is 11.2 Å². The molecule has 3 aromatic rings. The van der Waals surface area contributed by atoms with Crippen LogP contribution in [0.15, 0.2) is 36.5 Å². The lowest BCUT2D eigenvalue weighted by atomic mass is 9.74. The number of benzene rings is 2. The lowest BCUT2D eigenvalue weighted by molar-refractivity contribution is -0.137. The van der Waals surface area contributed by atoms with Gasteiger partial charge in [-0.3, -0.25) is 9.89 Å². The minimum absolute atomic E-state index is 0.0263. The van der Waals surface area contributed by atoms with E-state index < -0.39 is 36.0 Å². The van der Waals surface area contributed by atoms with Gasteiger partial charge < -0.3 is 5.11 Å². The van der Waals surface area contributed by atoms with Crippen LogP contribution in [0.5, 0.6) is 0 Å². The Morgan fingerprint density at radius 1 is 1.18 bits per heavy atom. The van der Waals surface area contributed by atoms with Crippen LogP contribution in [0, 0.1) is 17.1 Å². The predicted molar refractivity (Wildman–Crippen MR) is 114 cm³/mol. The summed E-state index contributed by atoms with van der Waals surface area (Å²) < 4.78 is 44.0. The summed E-state index contributed by atoms with van der Waals surface area (Å²) in [6.45, 7) is 0. The lowest BCUT2D eigenvalue weighted by Crippen LogP contribution is -2.17. The minimum atomic E-state index is -1.39. The van der Waals surface area contributed by atoms with Crippen molar-refractivity contribution in [3.63, 3.8) is 0 Å². The van der Waals surface area contributed by atoms with E-state index in [1.165, 1.54) is 0 Å². The molecule has 0 unspecified atom stereocenters. The normalized spacial score (nSPS) is 23.6. The summed E-state index contributed by atoms with van der Waals surface area (Å²) >= 11 is 0. The van der Waals surface area contributed by atoms with Crippen LogP contribution < -0.4 is 0 Å². The molecular formula is C25H20F3N3O2. The molecular weight excluding hydrogens is 431 g/mol. The second kappa shape index (κ2) is 8.07. The number of aromatic amines is 1. The van der Waals surface area contributed by atoms with E-state index in [4.69, 9.17) is 0 Å². The van der Waals surface area contributed by atoms with Crippen molar-refractivity contribution in [3.8, 4) is 17.3 Å². The fourth-order valence-corrected chi connectivity index (χ4v) is 5.54. The Labute approximate surface area is 187 Å². The molecule has 2 aliphatic carbocycles. The first-order valence-electron chi connectivity index (χ1n) is 10.8. The fraction of sp³-hybridized carbons (Fsp3) is 0.320. The van der Waals surface area contributed by atoms with E-state index >= 15 is 4.39 Å². The van der Waals surface area contributed by atoms with Gasteiger partial charge in [0.15, 0.2) is 0 Å². The second-order valence-corrected chi connectivity index (χ2v) is 8.65. The van der Waals surface area contributed by atoms with E-state index in [1.807, 2.05) is 12.1 Å². The van der Waals surface area contributed by atoms with Gasteiger partial charge in [0.05, 0.1) is 23.7 Å². The molecule has 168 valence electrons. The number of aliphatic carboxylic acids is 1. The minimum Gasteiger partial charge on any atom is -0.481 e. The number of nitrogens with one attached hydrogen (secondary N) is 1. The van der Waals surface area contributed by atoms with E-state index in [0.717, 1.165) is 17.7 Å². The Hall–Kier alpha value is -3.60. The summed E-state index contributed by atoms with van der Waals surface area (Å²) in [6, 6.07) is 9.60. The maximum Gasteiger partial charge on any atom is 0.304 e. The monoisotopic (exact) mass is 451 g/mol. The molecule has 0 spiro atoms. The number of aromatic nitrogens is 2. The molecule has 5 rings (SSSR count). The van der Waals surface area contributed by atoms with Gasteiger partial charge in [0.1, 0.15) is 18.2 Å². The summed E-state index contributed by atoms with van der Waals surface area (Å²) in [6.07, 6.45) is -1.01. The molecule has 0 amide bonds. The number of H-pyrrole nitrogens is 1. The quantitative estimate of drug-likeness (QED) is 0.550. The van der Waals surface area contributed by atoms with Crippen molar-refractivity contribution in [2.75, 3.05) is 0 Å². The van der Waals surface area contributed by atoms with E-state index in [9.17, 15) is 23.9 Å². The molecule has 0 saturated carbocycles. The van der Waals surface area contributed by atoms with Crippen molar-refractivity contribution in [3.05, 3.63) is 75.7 Å². The van der Waals surface area contributed by atoms with Crippen LogP contribution in [0.4, 0.5) is 13.2 Å². The number of nitriles is 1. The smallest absolute Gasteiger partial charge is 0.304 e. The number of alkyl halides is 2. The Balaban J connectivity index is 1.73. The number of nitrogens with zero attached hydrogens (tertiary/aromatic N) is 2. The molecule has 0 bridgehead atoms. The average Bonchev–Trinajstić information content (AvgIpc) is 3.42. The zero-order valence-electron chi connectivity index (χ0n) is 17.5. The maximum absolute atomic E-state index is 15.2. The largest absolute Gasteiger partial charge is 0.481 e.